The van der Waals surface area contributed by atoms with Gasteiger partial charge in [-0.1, -0.05) is 0 Å². The van der Waals surface area contributed by atoms with Crippen LogP contribution in [0.3, 0.4) is 0 Å². The first kappa shape index (κ1) is 21.6. The second kappa shape index (κ2) is 9.63. The predicted octanol–water partition coefficient (Wildman–Crippen LogP) is 3.83. The largest absolute Gasteiger partial charge is 0.497 e. The van der Waals surface area contributed by atoms with E-state index in [-0.39, 0.29) is 23.9 Å². The molecule has 0 aliphatic carbocycles. The summed E-state index contributed by atoms with van der Waals surface area (Å²) in [6.45, 7) is 4.22. The summed E-state index contributed by atoms with van der Waals surface area (Å²) in [6, 6.07) is 12.6. The van der Waals surface area contributed by atoms with Gasteiger partial charge in [-0.25, -0.2) is 0 Å². The molecule has 1 saturated heterocycles. The number of likely N-dealkylation sites (tertiary alicyclic amines) is 1. The smallest absolute Gasteiger partial charge is 0.241 e. The minimum atomic E-state index is -0.316. The normalized spacial score (nSPS) is 17.3. The third kappa shape index (κ3) is 4.91. The minimum absolute atomic E-state index is 0.0731. The van der Waals surface area contributed by atoms with Crippen molar-refractivity contribution >= 4 is 23.2 Å². The fourth-order valence-corrected chi connectivity index (χ4v) is 3.92. The maximum Gasteiger partial charge on any atom is 0.241 e. The van der Waals surface area contributed by atoms with Crippen molar-refractivity contribution in [2.75, 3.05) is 31.4 Å². The first-order valence-electron chi connectivity index (χ1n) is 10.1. The summed E-state index contributed by atoms with van der Waals surface area (Å²) in [5.74, 6) is 1.37. The molecule has 7 heteroatoms. The number of hydrogen-bond acceptors (Lipinski definition) is 5. The summed E-state index contributed by atoms with van der Waals surface area (Å²) in [7, 11) is 3.30. The molecule has 1 aliphatic rings. The first-order valence-corrected chi connectivity index (χ1v) is 10.1. The van der Waals surface area contributed by atoms with Gasteiger partial charge in [0.15, 0.2) is 0 Å². The van der Waals surface area contributed by atoms with Crippen molar-refractivity contribution in [1.82, 2.24) is 4.90 Å². The summed E-state index contributed by atoms with van der Waals surface area (Å²) in [6.07, 6.45) is 1.96. The lowest BCUT2D eigenvalue weighted by atomic mass is 10.0. The van der Waals surface area contributed by atoms with Crippen molar-refractivity contribution in [3.8, 4) is 11.5 Å². The molecule has 2 aromatic carbocycles. The van der Waals surface area contributed by atoms with Crippen LogP contribution >= 0.6 is 0 Å². The van der Waals surface area contributed by atoms with Gasteiger partial charge in [-0.05, 0) is 68.8 Å². The Hall–Kier alpha value is -3.06. The molecule has 0 bridgehead atoms. The number of carbonyl (C=O) groups excluding carboxylic acids is 2. The van der Waals surface area contributed by atoms with Crippen LogP contribution in [0.4, 0.5) is 11.4 Å². The fraction of sp³-hybridized carbons (Fsp3) is 0.391. The topological polar surface area (TPSA) is 79.9 Å². The number of carbonyl (C=O) groups is 2. The number of benzene rings is 2. The number of amides is 2. The second-order valence-corrected chi connectivity index (χ2v) is 7.43. The van der Waals surface area contributed by atoms with E-state index in [1.807, 2.05) is 25.1 Å². The Balaban J connectivity index is 1.73. The lowest BCUT2D eigenvalue weighted by Crippen LogP contribution is -2.41. The number of anilines is 2. The molecule has 2 N–H and O–H groups in total. The van der Waals surface area contributed by atoms with Gasteiger partial charge in [0.2, 0.25) is 11.8 Å². The minimum Gasteiger partial charge on any atom is -0.497 e. The van der Waals surface area contributed by atoms with Crippen molar-refractivity contribution < 1.29 is 19.1 Å². The van der Waals surface area contributed by atoms with Crippen LogP contribution in [-0.4, -0.2) is 43.5 Å². The predicted molar refractivity (Wildman–Crippen MR) is 117 cm³/mol. The highest BCUT2D eigenvalue weighted by Crippen LogP contribution is 2.40. The molecule has 0 aromatic heterocycles. The summed E-state index contributed by atoms with van der Waals surface area (Å²) < 4.78 is 11.0. The average molecular weight is 412 g/mol. The second-order valence-electron chi connectivity index (χ2n) is 7.43. The van der Waals surface area contributed by atoms with Gasteiger partial charge in [0.25, 0.3) is 0 Å². The SMILES string of the molecule is COc1ccc(OC)c([C@H]2CCCN2[C@@H](C)C(=O)Nc2ccc(NC(C)=O)cc2)c1. The van der Waals surface area contributed by atoms with E-state index in [4.69, 9.17) is 9.47 Å². The zero-order valence-corrected chi connectivity index (χ0v) is 17.9. The van der Waals surface area contributed by atoms with Crippen LogP contribution in [0.15, 0.2) is 42.5 Å². The van der Waals surface area contributed by atoms with E-state index in [0.29, 0.717) is 11.4 Å². The molecule has 160 valence electrons. The lowest BCUT2D eigenvalue weighted by molar-refractivity contribution is -0.121. The van der Waals surface area contributed by atoms with Crippen molar-refractivity contribution in [2.24, 2.45) is 0 Å². The maximum absolute atomic E-state index is 12.9. The highest BCUT2D eigenvalue weighted by Gasteiger charge is 2.34. The van der Waals surface area contributed by atoms with E-state index in [2.05, 4.69) is 15.5 Å². The Bertz CT molecular complexity index is 898. The van der Waals surface area contributed by atoms with Gasteiger partial charge in [-0.15, -0.1) is 0 Å². The summed E-state index contributed by atoms with van der Waals surface area (Å²) in [4.78, 5) is 26.3. The van der Waals surface area contributed by atoms with Crippen LogP contribution in [0.25, 0.3) is 0 Å². The van der Waals surface area contributed by atoms with Crippen LogP contribution in [0, 0.1) is 0 Å². The summed E-state index contributed by atoms with van der Waals surface area (Å²) in [5, 5.41) is 5.69. The van der Waals surface area contributed by atoms with E-state index in [1.165, 1.54) is 6.92 Å². The van der Waals surface area contributed by atoms with Crippen LogP contribution in [0.2, 0.25) is 0 Å². The molecule has 0 spiro atoms. The number of rotatable bonds is 7. The molecule has 1 heterocycles. The van der Waals surface area contributed by atoms with Gasteiger partial charge in [-0.3, -0.25) is 14.5 Å². The van der Waals surface area contributed by atoms with Crippen LogP contribution in [-0.2, 0) is 9.59 Å². The van der Waals surface area contributed by atoms with E-state index in [9.17, 15) is 9.59 Å². The molecule has 30 heavy (non-hydrogen) atoms. The van der Waals surface area contributed by atoms with Crippen molar-refractivity contribution in [1.29, 1.82) is 0 Å². The fourth-order valence-electron chi connectivity index (χ4n) is 3.92. The van der Waals surface area contributed by atoms with Crippen molar-refractivity contribution in [2.45, 2.75) is 38.8 Å². The maximum atomic E-state index is 12.9. The number of nitrogens with zero attached hydrogens (tertiary/aromatic N) is 1. The zero-order chi connectivity index (χ0) is 21.7. The lowest BCUT2D eigenvalue weighted by Gasteiger charge is -2.31. The molecule has 3 rings (SSSR count). The zero-order valence-electron chi connectivity index (χ0n) is 17.9. The number of ether oxygens (including phenoxy) is 2. The van der Waals surface area contributed by atoms with Gasteiger partial charge in [0.05, 0.1) is 20.3 Å². The Morgan fingerprint density at radius 2 is 1.70 bits per heavy atom. The number of hydrogen-bond donors (Lipinski definition) is 2. The van der Waals surface area contributed by atoms with Gasteiger partial charge in [0, 0.05) is 29.9 Å². The van der Waals surface area contributed by atoms with E-state index in [0.717, 1.165) is 36.4 Å². The standard InChI is InChI=1S/C23H29N3O4/c1-15(23(28)25-18-9-7-17(8-10-18)24-16(2)27)26-13-5-6-21(26)20-14-19(29-3)11-12-22(20)30-4/h7-12,14-15,21H,5-6,13H2,1-4H3,(H,24,27)(H,25,28)/t15-,21+/m0/s1. The molecular formula is C23H29N3O4. The van der Waals surface area contributed by atoms with Crippen LogP contribution < -0.4 is 20.1 Å². The molecular weight excluding hydrogens is 382 g/mol. The van der Waals surface area contributed by atoms with Gasteiger partial charge >= 0.3 is 0 Å². The third-order valence-electron chi connectivity index (χ3n) is 5.44. The molecule has 2 aromatic rings. The van der Waals surface area contributed by atoms with Gasteiger partial charge in [-0.2, -0.15) is 0 Å². The number of methoxy groups -OCH3 is 2. The van der Waals surface area contributed by atoms with Gasteiger partial charge in [0.1, 0.15) is 11.5 Å². The quantitative estimate of drug-likeness (QED) is 0.724. The van der Waals surface area contributed by atoms with E-state index >= 15 is 0 Å². The summed E-state index contributed by atoms with van der Waals surface area (Å²) in [5.41, 5.74) is 2.42. The number of nitrogens with one attached hydrogen (secondary N) is 2. The molecule has 1 aliphatic heterocycles. The first-order chi connectivity index (χ1) is 14.4. The Kier molecular flexibility index (Phi) is 6.95. The molecule has 2 amide bonds. The molecule has 0 radical (unpaired) electrons. The van der Waals surface area contributed by atoms with Crippen LogP contribution in [0.1, 0.15) is 38.3 Å². The third-order valence-corrected chi connectivity index (χ3v) is 5.44. The highest BCUT2D eigenvalue weighted by atomic mass is 16.5. The van der Waals surface area contributed by atoms with Crippen LogP contribution in [0.5, 0.6) is 11.5 Å². The monoisotopic (exact) mass is 411 g/mol. The van der Waals surface area contributed by atoms with Crippen molar-refractivity contribution in [3.63, 3.8) is 0 Å². The molecule has 2 atom stereocenters. The summed E-state index contributed by atoms with van der Waals surface area (Å²) >= 11 is 0. The molecule has 1 fully saturated rings. The van der Waals surface area contributed by atoms with Gasteiger partial charge < -0.3 is 20.1 Å². The average Bonchev–Trinajstić information content (AvgIpc) is 3.23. The molecule has 0 saturated carbocycles. The Morgan fingerprint density at radius 1 is 1.03 bits per heavy atom. The van der Waals surface area contributed by atoms with E-state index in [1.54, 1.807) is 38.5 Å². The molecule has 7 nitrogen and oxygen atoms in total. The van der Waals surface area contributed by atoms with Crippen molar-refractivity contribution in [3.05, 3.63) is 48.0 Å². The Labute approximate surface area is 177 Å². The molecule has 0 unspecified atom stereocenters. The van der Waals surface area contributed by atoms with E-state index < -0.39 is 0 Å². The highest BCUT2D eigenvalue weighted by molar-refractivity contribution is 5.95. The Morgan fingerprint density at radius 3 is 2.30 bits per heavy atom.